The van der Waals surface area contributed by atoms with E-state index in [2.05, 4.69) is 20.7 Å². The molecular weight excluding hydrogens is 490 g/mol. The zero-order chi connectivity index (χ0) is 24.9. The maximum Gasteiger partial charge on any atom is 0.313 e. The molecule has 35 heavy (non-hydrogen) atoms. The predicted molar refractivity (Wildman–Crippen MR) is 135 cm³/mol. The van der Waals surface area contributed by atoms with Crippen LogP contribution in [0.3, 0.4) is 0 Å². The highest BCUT2D eigenvalue weighted by atomic mass is 35.5. The van der Waals surface area contributed by atoms with Crippen LogP contribution in [0.15, 0.2) is 36.4 Å². The third-order valence-corrected chi connectivity index (χ3v) is 6.50. The lowest BCUT2D eigenvalue weighted by atomic mass is 9.83. The summed E-state index contributed by atoms with van der Waals surface area (Å²) in [5.41, 5.74) is 2.84. The van der Waals surface area contributed by atoms with E-state index in [9.17, 15) is 4.79 Å². The van der Waals surface area contributed by atoms with Crippen molar-refractivity contribution in [3.8, 4) is 11.5 Å². The molecule has 2 atom stereocenters. The molecule has 9 nitrogen and oxygen atoms in total. The van der Waals surface area contributed by atoms with Gasteiger partial charge in [0.1, 0.15) is 6.42 Å². The van der Waals surface area contributed by atoms with E-state index in [0.29, 0.717) is 46.9 Å². The number of rotatable bonds is 8. The quantitative estimate of drug-likeness (QED) is 0.352. The predicted octanol–water partition coefficient (Wildman–Crippen LogP) is 4.04. The SMILES string of the molecule is CCOC(=O)Cc1nnn(CC2CC(c3cccc(OC)c3OC)c3cc(Cl)ccc3NC2=S)n1. The second-order valence-electron chi connectivity index (χ2n) is 8.03. The first-order valence-electron chi connectivity index (χ1n) is 11.2. The summed E-state index contributed by atoms with van der Waals surface area (Å²) in [7, 11) is 3.24. The van der Waals surface area contributed by atoms with E-state index in [0.717, 1.165) is 16.8 Å². The van der Waals surface area contributed by atoms with Gasteiger partial charge in [-0.05, 0) is 48.4 Å². The van der Waals surface area contributed by atoms with Gasteiger partial charge in [-0.1, -0.05) is 36.0 Å². The number of esters is 1. The van der Waals surface area contributed by atoms with Crippen molar-refractivity contribution in [1.82, 2.24) is 20.2 Å². The van der Waals surface area contributed by atoms with Crippen LogP contribution in [0.25, 0.3) is 0 Å². The molecule has 0 amide bonds. The second kappa shape index (κ2) is 11.0. The minimum atomic E-state index is -0.392. The van der Waals surface area contributed by atoms with Crippen LogP contribution in [0.1, 0.15) is 36.2 Å². The molecule has 2 aromatic carbocycles. The fourth-order valence-electron chi connectivity index (χ4n) is 4.29. The van der Waals surface area contributed by atoms with Crippen LogP contribution < -0.4 is 14.8 Å². The topological polar surface area (TPSA) is 100 Å². The first-order chi connectivity index (χ1) is 16.9. The normalized spacial score (nSPS) is 17.2. The molecule has 0 saturated carbocycles. The Labute approximate surface area is 213 Å². The number of halogens is 1. The van der Waals surface area contributed by atoms with Crippen LogP contribution in [0.5, 0.6) is 11.5 Å². The van der Waals surface area contributed by atoms with E-state index < -0.39 is 5.97 Å². The van der Waals surface area contributed by atoms with Crippen molar-refractivity contribution in [1.29, 1.82) is 0 Å². The van der Waals surface area contributed by atoms with Crippen LogP contribution in [0.4, 0.5) is 5.69 Å². The summed E-state index contributed by atoms with van der Waals surface area (Å²) < 4.78 is 16.3. The monoisotopic (exact) mass is 515 g/mol. The molecular formula is C24H26ClN5O4S. The van der Waals surface area contributed by atoms with E-state index in [1.807, 2.05) is 36.4 Å². The number of nitrogens with one attached hydrogen (secondary N) is 1. The first kappa shape index (κ1) is 24.9. The van der Waals surface area contributed by atoms with Crippen LogP contribution in [0, 0.1) is 5.92 Å². The summed E-state index contributed by atoms with van der Waals surface area (Å²) in [5.74, 6) is 0.976. The van der Waals surface area contributed by atoms with Crippen LogP contribution in [-0.4, -0.2) is 52.0 Å². The number of carbonyl (C=O) groups is 1. The van der Waals surface area contributed by atoms with Gasteiger partial charge >= 0.3 is 5.97 Å². The van der Waals surface area contributed by atoms with Gasteiger partial charge in [0.25, 0.3) is 0 Å². The summed E-state index contributed by atoms with van der Waals surface area (Å²) in [4.78, 5) is 13.9. The van der Waals surface area contributed by atoms with Crippen molar-refractivity contribution in [3.05, 3.63) is 58.4 Å². The van der Waals surface area contributed by atoms with Crippen molar-refractivity contribution >= 4 is 40.5 Å². The Morgan fingerprint density at radius 1 is 1.23 bits per heavy atom. The fraction of sp³-hybridized carbons (Fsp3) is 0.375. The fourth-order valence-corrected chi connectivity index (χ4v) is 4.75. The number of carbonyl (C=O) groups excluding carboxylic acids is 1. The Hall–Kier alpha value is -3.24. The zero-order valence-electron chi connectivity index (χ0n) is 19.7. The van der Waals surface area contributed by atoms with Crippen molar-refractivity contribution < 1.29 is 19.0 Å². The number of ether oxygens (including phenoxy) is 3. The zero-order valence-corrected chi connectivity index (χ0v) is 21.2. The number of fused-ring (bicyclic) bond motifs is 1. The summed E-state index contributed by atoms with van der Waals surface area (Å²) in [5, 5.41) is 16.5. The highest BCUT2D eigenvalue weighted by Gasteiger charge is 2.32. The number of thiocarbonyl (C=S) groups is 1. The Morgan fingerprint density at radius 2 is 2.06 bits per heavy atom. The Kier molecular flexibility index (Phi) is 7.82. The molecule has 0 radical (unpaired) electrons. The van der Waals surface area contributed by atoms with E-state index >= 15 is 0 Å². The maximum absolute atomic E-state index is 11.8. The van der Waals surface area contributed by atoms with Crippen LogP contribution in [-0.2, 0) is 22.5 Å². The average molecular weight is 516 g/mol. The van der Waals surface area contributed by atoms with Crippen molar-refractivity contribution in [3.63, 3.8) is 0 Å². The molecule has 1 aromatic heterocycles. The molecule has 1 aliphatic rings. The molecule has 2 unspecified atom stereocenters. The highest BCUT2D eigenvalue weighted by Crippen LogP contribution is 2.45. The third kappa shape index (κ3) is 5.54. The van der Waals surface area contributed by atoms with Crippen molar-refractivity contribution in [2.24, 2.45) is 5.92 Å². The summed E-state index contributed by atoms with van der Waals surface area (Å²) in [6.45, 7) is 2.43. The number of anilines is 1. The molecule has 2 heterocycles. The molecule has 3 aromatic rings. The molecule has 1 N–H and O–H groups in total. The number of methoxy groups -OCH3 is 2. The molecule has 1 aliphatic heterocycles. The largest absolute Gasteiger partial charge is 0.493 e. The molecule has 0 fully saturated rings. The van der Waals surface area contributed by atoms with Gasteiger partial charge in [-0.15, -0.1) is 10.2 Å². The average Bonchev–Trinajstić information content (AvgIpc) is 3.23. The smallest absolute Gasteiger partial charge is 0.313 e. The summed E-state index contributed by atoms with van der Waals surface area (Å²) >= 11 is 12.2. The van der Waals surface area contributed by atoms with Gasteiger partial charge < -0.3 is 19.5 Å². The van der Waals surface area contributed by atoms with E-state index in [-0.39, 0.29) is 18.3 Å². The van der Waals surface area contributed by atoms with Gasteiger partial charge in [0, 0.05) is 28.1 Å². The minimum absolute atomic E-state index is 0.0330. The van der Waals surface area contributed by atoms with Crippen molar-refractivity contribution in [2.45, 2.75) is 32.2 Å². The Bertz CT molecular complexity index is 1230. The van der Waals surface area contributed by atoms with Gasteiger partial charge in [-0.3, -0.25) is 4.79 Å². The Balaban J connectivity index is 1.68. The number of nitrogens with zero attached hydrogens (tertiary/aromatic N) is 4. The molecule has 184 valence electrons. The first-order valence-corrected chi connectivity index (χ1v) is 12.0. The minimum Gasteiger partial charge on any atom is -0.493 e. The third-order valence-electron chi connectivity index (χ3n) is 5.83. The van der Waals surface area contributed by atoms with Gasteiger partial charge in [0.15, 0.2) is 17.3 Å². The molecule has 0 saturated heterocycles. The molecule has 0 bridgehead atoms. The van der Waals surface area contributed by atoms with Gasteiger partial charge in [0.2, 0.25) is 0 Å². The number of para-hydroxylation sites is 1. The van der Waals surface area contributed by atoms with Gasteiger partial charge in [-0.25, -0.2) is 0 Å². The summed E-state index contributed by atoms with van der Waals surface area (Å²) in [6.07, 6.45) is 0.603. The second-order valence-corrected chi connectivity index (χ2v) is 8.91. The molecule has 4 rings (SSSR count). The summed E-state index contributed by atoms with van der Waals surface area (Å²) in [6, 6.07) is 11.5. The van der Waals surface area contributed by atoms with E-state index in [4.69, 9.17) is 38.0 Å². The lowest BCUT2D eigenvalue weighted by molar-refractivity contribution is -0.142. The lowest BCUT2D eigenvalue weighted by Crippen LogP contribution is -2.26. The maximum atomic E-state index is 11.8. The van der Waals surface area contributed by atoms with Gasteiger partial charge in [0.05, 0.1) is 32.4 Å². The molecule has 0 aliphatic carbocycles. The standard InChI is InChI=1S/C24H26ClN5O4S/c1-4-34-22(31)12-21-27-29-30(28-21)13-14-10-17(16-6-5-7-20(32-2)23(16)33-3)18-11-15(25)8-9-19(18)26-24(14)35/h5-9,11,14,17H,4,10,12-13H2,1-3H3,(H,26,35). The number of hydrogen-bond acceptors (Lipinski definition) is 8. The van der Waals surface area contributed by atoms with Gasteiger partial charge in [-0.2, -0.15) is 4.80 Å². The molecule has 11 heteroatoms. The van der Waals surface area contributed by atoms with Crippen LogP contribution >= 0.6 is 23.8 Å². The van der Waals surface area contributed by atoms with Crippen LogP contribution in [0.2, 0.25) is 5.02 Å². The van der Waals surface area contributed by atoms with E-state index in [1.54, 1.807) is 21.1 Å². The Morgan fingerprint density at radius 3 is 2.80 bits per heavy atom. The molecule has 0 spiro atoms. The number of hydrogen-bond donors (Lipinski definition) is 1. The van der Waals surface area contributed by atoms with Crippen molar-refractivity contribution in [2.75, 3.05) is 26.1 Å². The number of aromatic nitrogens is 4. The number of benzene rings is 2. The van der Waals surface area contributed by atoms with E-state index in [1.165, 1.54) is 4.80 Å². The lowest BCUT2D eigenvalue weighted by Gasteiger charge is -2.23. The number of tetrazole rings is 1. The highest BCUT2D eigenvalue weighted by molar-refractivity contribution is 7.80.